The third kappa shape index (κ3) is 4.36. The predicted octanol–water partition coefficient (Wildman–Crippen LogP) is 2.41. The number of carbonyl (C=O) groups is 1. The van der Waals surface area contributed by atoms with Gasteiger partial charge in [-0.15, -0.1) is 10.2 Å². The number of carbonyl (C=O) groups excluding carboxylic acids is 1. The van der Waals surface area contributed by atoms with Gasteiger partial charge in [0.15, 0.2) is 17.5 Å². The number of halogens is 6. The van der Waals surface area contributed by atoms with Gasteiger partial charge in [0.1, 0.15) is 5.82 Å². The smallest absolute Gasteiger partial charge is 0.331 e. The van der Waals surface area contributed by atoms with Crippen LogP contribution in [0.1, 0.15) is 30.6 Å². The molecule has 1 aliphatic rings. The second-order valence-electron chi connectivity index (χ2n) is 6.94. The van der Waals surface area contributed by atoms with Crippen molar-refractivity contribution >= 4 is 5.91 Å². The Labute approximate surface area is 161 Å². The Bertz CT molecular complexity index is 928. The fraction of sp³-hybridized carbons (Fsp3) is 0.471. The van der Waals surface area contributed by atoms with E-state index < -0.39 is 47.4 Å². The van der Waals surface area contributed by atoms with Crippen molar-refractivity contribution in [1.29, 1.82) is 0 Å². The number of rotatable bonds is 4. The standard InChI is InChI=1S/C17H17F6N5O/c1-8-6-28-14(25-26-16(28)17(21,22)23)7-27(8)15(29)4-10(24)2-9-3-12(19)13(20)5-11(9)18/h3,5,8,10H,2,4,6-7,24H2,1H3/t8?,10-/m1/s1. The van der Waals surface area contributed by atoms with Gasteiger partial charge in [-0.2, -0.15) is 13.2 Å². The van der Waals surface area contributed by atoms with E-state index in [9.17, 15) is 31.1 Å². The van der Waals surface area contributed by atoms with Crippen molar-refractivity contribution in [1.82, 2.24) is 19.7 Å². The molecule has 158 valence electrons. The van der Waals surface area contributed by atoms with Gasteiger partial charge < -0.3 is 15.2 Å². The number of alkyl halides is 3. The number of hydrogen-bond acceptors (Lipinski definition) is 4. The Kier molecular flexibility index (Phi) is 5.57. The van der Waals surface area contributed by atoms with E-state index in [1.165, 1.54) is 4.90 Å². The first kappa shape index (κ1) is 21.1. The van der Waals surface area contributed by atoms with E-state index in [4.69, 9.17) is 5.73 Å². The minimum Gasteiger partial charge on any atom is -0.331 e. The second-order valence-corrected chi connectivity index (χ2v) is 6.94. The first-order valence-electron chi connectivity index (χ1n) is 8.65. The van der Waals surface area contributed by atoms with Crippen molar-refractivity contribution in [2.75, 3.05) is 0 Å². The number of amides is 1. The van der Waals surface area contributed by atoms with Gasteiger partial charge in [-0.05, 0) is 25.0 Å². The normalized spacial score (nSPS) is 17.9. The average Bonchev–Trinajstić information content (AvgIpc) is 3.01. The average molecular weight is 421 g/mol. The van der Waals surface area contributed by atoms with E-state index in [0.29, 0.717) is 12.1 Å². The minimum absolute atomic E-state index is 0.0102. The quantitative estimate of drug-likeness (QED) is 0.608. The van der Waals surface area contributed by atoms with Crippen LogP contribution in [0.4, 0.5) is 26.3 Å². The molecule has 1 aliphatic heterocycles. The first-order valence-corrected chi connectivity index (χ1v) is 8.65. The SMILES string of the molecule is CC1Cn2c(nnc2C(F)(F)F)CN1C(=O)C[C@H](N)Cc1cc(F)c(F)cc1F. The van der Waals surface area contributed by atoms with Crippen molar-refractivity contribution < 1.29 is 31.1 Å². The monoisotopic (exact) mass is 421 g/mol. The lowest BCUT2D eigenvalue weighted by Gasteiger charge is -2.34. The van der Waals surface area contributed by atoms with E-state index >= 15 is 0 Å². The van der Waals surface area contributed by atoms with Gasteiger partial charge in [-0.1, -0.05) is 0 Å². The Morgan fingerprint density at radius 1 is 1.21 bits per heavy atom. The van der Waals surface area contributed by atoms with Gasteiger partial charge in [0.2, 0.25) is 11.7 Å². The molecule has 2 atom stereocenters. The third-order valence-electron chi connectivity index (χ3n) is 4.70. The van der Waals surface area contributed by atoms with Crippen LogP contribution in [0.3, 0.4) is 0 Å². The van der Waals surface area contributed by atoms with Gasteiger partial charge >= 0.3 is 6.18 Å². The molecule has 1 aromatic heterocycles. The van der Waals surface area contributed by atoms with Crippen molar-refractivity contribution in [3.05, 3.63) is 46.8 Å². The molecule has 0 bridgehead atoms. The van der Waals surface area contributed by atoms with Crippen molar-refractivity contribution in [3.8, 4) is 0 Å². The van der Waals surface area contributed by atoms with Gasteiger partial charge in [-0.3, -0.25) is 4.79 Å². The lowest BCUT2D eigenvalue weighted by molar-refractivity contribution is -0.148. The molecule has 12 heteroatoms. The number of nitrogens with two attached hydrogens (primary N) is 1. The molecule has 1 unspecified atom stereocenters. The van der Waals surface area contributed by atoms with Gasteiger partial charge in [0, 0.05) is 31.1 Å². The summed E-state index contributed by atoms with van der Waals surface area (Å²) in [4.78, 5) is 13.9. The maximum atomic E-state index is 13.7. The molecule has 0 saturated heterocycles. The molecular formula is C17H17F6N5O. The van der Waals surface area contributed by atoms with Crippen LogP contribution in [-0.4, -0.2) is 37.7 Å². The molecule has 0 aliphatic carbocycles. The van der Waals surface area contributed by atoms with E-state index in [0.717, 1.165) is 4.57 Å². The van der Waals surface area contributed by atoms with Crippen LogP contribution in [0.2, 0.25) is 0 Å². The summed E-state index contributed by atoms with van der Waals surface area (Å²) in [6, 6.07) is -0.407. The molecule has 0 fully saturated rings. The summed E-state index contributed by atoms with van der Waals surface area (Å²) >= 11 is 0. The van der Waals surface area contributed by atoms with Crippen LogP contribution in [0.5, 0.6) is 0 Å². The molecule has 1 aromatic carbocycles. The molecule has 0 saturated carbocycles. The molecule has 3 rings (SSSR count). The number of benzene rings is 1. The lowest BCUT2D eigenvalue weighted by Crippen LogP contribution is -2.47. The highest BCUT2D eigenvalue weighted by Gasteiger charge is 2.41. The summed E-state index contributed by atoms with van der Waals surface area (Å²) in [6.07, 6.45) is -5.14. The number of fused-ring (bicyclic) bond motifs is 1. The summed E-state index contributed by atoms with van der Waals surface area (Å²) in [6.45, 7) is 1.24. The van der Waals surface area contributed by atoms with Crippen molar-refractivity contribution in [2.45, 2.75) is 51.1 Å². The number of nitrogens with zero attached hydrogens (tertiary/aromatic N) is 4. The third-order valence-corrected chi connectivity index (χ3v) is 4.70. The van der Waals surface area contributed by atoms with E-state index in [2.05, 4.69) is 10.2 Å². The van der Waals surface area contributed by atoms with Crippen LogP contribution >= 0.6 is 0 Å². The van der Waals surface area contributed by atoms with Crippen LogP contribution in [0.25, 0.3) is 0 Å². The number of hydrogen-bond donors (Lipinski definition) is 1. The van der Waals surface area contributed by atoms with Gasteiger partial charge in [-0.25, -0.2) is 13.2 Å². The summed E-state index contributed by atoms with van der Waals surface area (Å²) < 4.78 is 79.8. The summed E-state index contributed by atoms with van der Waals surface area (Å²) in [5, 5.41) is 6.66. The molecule has 2 aromatic rings. The summed E-state index contributed by atoms with van der Waals surface area (Å²) in [5.41, 5.74) is 5.68. The fourth-order valence-corrected chi connectivity index (χ4v) is 3.28. The van der Waals surface area contributed by atoms with Gasteiger partial charge in [0.05, 0.1) is 6.54 Å². The molecule has 2 N–H and O–H groups in total. The molecule has 6 nitrogen and oxygen atoms in total. The maximum absolute atomic E-state index is 13.7. The summed E-state index contributed by atoms with van der Waals surface area (Å²) in [5.74, 6) is -5.16. The molecule has 0 spiro atoms. The van der Waals surface area contributed by atoms with Crippen LogP contribution in [0.15, 0.2) is 12.1 Å². The molecule has 1 amide bonds. The second kappa shape index (κ2) is 7.65. The Morgan fingerprint density at radius 2 is 1.86 bits per heavy atom. The molecule has 29 heavy (non-hydrogen) atoms. The van der Waals surface area contributed by atoms with Crippen molar-refractivity contribution in [2.24, 2.45) is 5.73 Å². The fourth-order valence-electron chi connectivity index (χ4n) is 3.28. The minimum atomic E-state index is -4.66. The van der Waals surface area contributed by atoms with Crippen LogP contribution in [0, 0.1) is 17.5 Å². The molecular weight excluding hydrogens is 404 g/mol. The zero-order valence-corrected chi connectivity index (χ0v) is 15.2. The molecule has 2 heterocycles. The van der Waals surface area contributed by atoms with Crippen molar-refractivity contribution in [3.63, 3.8) is 0 Å². The predicted molar refractivity (Wildman–Crippen MR) is 87.6 cm³/mol. The number of aromatic nitrogens is 3. The Hall–Kier alpha value is -2.63. The summed E-state index contributed by atoms with van der Waals surface area (Å²) in [7, 11) is 0. The highest BCUT2D eigenvalue weighted by atomic mass is 19.4. The van der Waals surface area contributed by atoms with E-state index in [-0.39, 0.29) is 37.3 Å². The van der Waals surface area contributed by atoms with E-state index in [1.807, 2.05) is 0 Å². The zero-order chi connectivity index (χ0) is 21.5. The Balaban J connectivity index is 1.68. The van der Waals surface area contributed by atoms with Gasteiger partial charge in [0.25, 0.3) is 0 Å². The van der Waals surface area contributed by atoms with E-state index in [1.54, 1.807) is 6.92 Å². The topological polar surface area (TPSA) is 77.0 Å². The Morgan fingerprint density at radius 3 is 2.52 bits per heavy atom. The highest BCUT2D eigenvalue weighted by molar-refractivity contribution is 5.77. The zero-order valence-electron chi connectivity index (χ0n) is 15.2. The lowest BCUT2D eigenvalue weighted by atomic mass is 10.0. The van der Waals surface area contributed by atoms with Crippen LogP contribution in [-0.2, 0) is 30.5 Å². The van der Waals surface area contributed by atoms with Crippen LogP contribution < -0.4 is 5.73 Å². The largest absolute Gasteiger partial charge is 0.451 e. The maximum Gasteiger partial charge on any atom is 0.451 e. The molecule has 0 radical (unpaired) electrons. The first-order chi connectivity index (χ1) is 13.5. The highest BCUT2D eigenvalue weighted by Crippen LogP contribution is 2.30.